The molecule has 0 unspecified atom stereocenters. The molecule has 2 amide bonds. The van der Waals surface area contributed by atoms with E-state index >= 15 is 0 Å². The molecule has 0 saturated carbocycles. The second kappa shape index (κ2) is 11.6. The van der Waals surface area contributed by atoms with E-state index in [0.29, 0.717) is 39.4 Å². The number of anilines is 1. The average molecular weight is 521 g/mol. The van der Waals surface area contributed by atoms with E-state index in [9.17, 15) is 9.59 Å². The summed E-state index contributed by atoms with van der Waals surface area (Å²) in [7, 11) is 1.53. The van der Waals surface area contributed by atoms with Crippen LogP contribution < -0.4 is 20.2 Å². The molecule has 0 bridgehead atoms. The Morgan fingerprint density at radius 3 is 2.53 bits per heavy atom. The topological polar surface area (TPSA) is 113 Å². The standard InChI is InChI=1S/C25H21BrN4O4/c1-16-5-3-4-6-19(16)15-34-23-21(26)11-18(12-22(23)33-2)14-28-30-25(32)24(31)29-20-9-7-17(13-27)8-10-20/h3-12,14H,15H2,1-2H3,(H,29,31)(H,30,32)/b28-14+. The van der Waals surface area contributed by atoms with Crippen LogP contribution in [0.25, 0.3) is 0 Å². The number of benzene rings is 3. The lowest BCUT2D eigenvalue weighted by Crippen LogP contribution is -2.32. The van der Waals surface area contributed by atoms with Crippen LogP contribution in [0.4, 0.5) is 5.69 Å². The van der Waals surface area contributed by atoms with Crippen LogP contribution in [0.1, 0.15) is 22.3 Å². The summed E-state index contributed by atoms with van der Waals surface area (Å²) in [5.41, 5.74) is 5.80. The molecule has 0 radical (unpaired) electrons. The number of nitrogens with zero attached hydrogens (tertiary/aromatic N) is 2. The molecule has 9 heteroatoms. The fourth-order valence-electron chi connectivity index (χ4n) is 2.91. The lowest BCUT2D eigenvalue weighted by molar-refractivity contribution is -0.136. The molecule has 0 spiro atoms. The van der Waals surface area contributed by atoms with E-state index in [1.165, 1.54) is 37.6 Å². The van der Waals surface area contributed by atoms with Gasteiger partial charge in [-0.15, -0.1) is 0 Å². The highest BCUT2D eigenvalue weighted by atomic mass is 79.9. The second-order valence-corrected chi connectivity index (χ2v) is 7.95. The minimum Gasteiger partial charge on any atom is -0.493 e. The molecule has 0 aromatic heterocycles. The van der Waals surface area contributed by atoms with Crippen molar-refractivity contribution in [3.05, 3.63) is 87.4 Å². The maximum Gasteiger partial charge on any atom is 0.329 e. The van der Waals surface area contributed by atoms with E-state index in [4.69, 9.17) is 14.7 Å². The first-order valence-electron chi connectivity index (χ1n) is 10.1. The number of hydrazone groups is 1. The third kappa shape index (κ3) is 6.43. The van der Waals surface area contributed by atoms with Gasteiger partial charge in [-0.2, -0.15) is 10.4 Å². The zero-order chi connectivity index (χ0) is 24.5. The first kappa shape index (κ1) is 24.5. The Labute approximate surface area is 205 Å². The zero-order valence-electron chi connectivity index (χ0n) is 18.5. The highest BCUT2D eigenvalue weighted by Crippen LogP contribution is 2.37. The molecular weight excluding hydrogens is 500 g/mol. The Hall–Kier alpha value is -4.16. The van der Waals surface area contributed by atoms with Gasteiger partial charge in [0.2, 0.25) is 0 Å². The highest BCUT2D eigenvalue weighted by Gasteiger charge is 2.14. The molecule has 0 heterocycles. The highest BCUT2D eigenvalue weighted by molar-refractivity contribution is 9.10. The number of ether oxygens (including phenoxy) is 2. The largest absolute Gasteiger partial charge is 0.493 e. The van der Waals surface area contributed by atoms with Gasteiger partial charge in [0.1, 0.15) is 6.61 Å². The maximum absolute atomic E-state index is 12.0. The van der Waals surface area contributed by atoms with Crippen LogP contribution in [0.2, 0.25) is 0 Å². The van der Waals surface area contributed by atoms with E-state index in [0.717, 1.165) is 11.1 Å². The van der Waals surface area contributed by atoms with Gasteiger partial charge >= 0.3 is 11.8 Å². The number of nitriles is 1. The number of carbonyl (C=O) groups is 2. The van der Waals surface area contributed by atoms with Gasteiger partial charge in [-0.25, -0.2) is 5.43 Å². The Kier molecular flexibility index (Phi) is 8.37. The molecule has 0 atom stereocenters. The fraction of sp³-hybridized carbons (Fsp3) is 0.120. The quantitative estimate of drug-likeness (QED) is 0.274. The van der Waals surface area contributed by atoms with Gasteiger partial charge in [0.05, 0.1) is 29.4 Å². The molecule has 3 aromatic carbocycles. The molecular formula is C25H21BrN4O4. The van der Waals surface area contributed by atoms with E-state index < -0.39 is 11.8 Å². The van der Waals surface area contributed by atoms with Crippen molar-refractivity contribution in [2.75, 3.05) is 12.4 Å². The number of carbonyl (C=O) groups excluding carboxylic acids is 2. The van der Waals surface area contributed by atoms with E-state index in [-0.39, 0.29) is 0 Å². The van der Waals surface area contributed by atoms with Crippen LogP contribution in [-0.4, -0.2) is 25.1 Å². The van der Waals surface area contributed by atoms with Crippen LogP contribution >= 0.6 is 15.9 Å². The van der Waals surface area contributed by atoms with Crippen LogP contribution in [-0.2, 0) is 16.2 Å². The van der Waals surface area contributed by atoms with Crippen molar-refractivity contribution in [3.63, 3.8) is 0 Å². The molecule has 0 aliphatic carbocycles. The zero-order valence-corrected chi connectivity index (χ0v) is 20.0. The molecule has 3 aromatic rings. The van der Waals surface area contributed by atoms with E-state index in [1.54, 1.807) is 12.1 Å². The molecule has 3 rings (SSSR count). The SMILES string of the molecule is COc1cc(/C=N/NC(=O)C(=O)Nc2ccc(C#N)cc2)cc(Br)c1OCc1ccccc1C. The molecule has 8 nitrogen and oxygen atoms in total. The van der Waals surface area contributed by atoms with Gasteiger partial charge in [-0.1, -0.05) is 24.3 Å². The average Bonchev–Trinajstić information content (AvgIpc) is 2.84. The number of hydrogen-bond donors (Lipinski definition) is 2. The Bertz CT molecular complexity index is 1270. The molecule has 34 heavy (non-hydrogen) atoms. The molecule has 172 valence electrons. The van der Waals surface area contributed by atoms with Crippen molar-refractivity contribution >= 4 is 39.6 Å². The summed E-state index contributed by atoms with van der Waals surface area (Å²) in [6, 6.07) is 19.5. The van der Waals surface area contributed by atoms with E-state index in [2.05, 4.69) is 31.8 Å². The predicted molar refractivity (Wildman–Crippen MR) is 132 cm³/mol. The first-order valence-corrected chi connectivity index (χ1v) is 10.9. The van der Waals surface area contributed by atoms with Crippen molar-refractivity contribution in [3.8, 4) is 17.6 Å². The van der Waals surface area contributed by atoms with Gasteiger partial charge in [-0.05, 0) is 75.9 Å². The summed E-state index contributed by atoms with van der Waals surface area (Å²) in [6.45, 7) is 2.39. The van der Waals surface area contributed by atoms with Gasteiger partial charge < -0.3 is 14.8 Å². The molecule has 0 saturated heterocycles. The van der Waals surface area contributed by atoms with Gasteiger partial charge in [0.25, 0.3) is 0 Å². The normalized spacial score (nSPS) is 10.4. The van der Waals surface area contributed by atoms with Crippen LogP contribution in [0.3, 0.4) is 0 Å². The number of rotatable bonds is 7. The molecule has 0 aliphatic rings. The number of hydrogen-bond acceptors (Lipinski definition) is 6. The first-order chi connectivity index (χ1) is 16.4. The van der Waals surface area contributed by atoms with Crippen molar-refractivity contribution < 1.29 is 19.1 Å². The van der Waals surface area contributed by atoms with Gasteiger partial charge in [-0.3, -0.25) is 9.59 Å². The van der Waals surface area contributed by atoms with Gasteiger partial charge in [0.15, 0.2) is 11.5 Å². The number of methoxy groups -OCH3 is 1. The molecule has 0 aliphatic heterocycles. The number of amides is 2. The van der Waals surface area contributed by atoms with Gasteiger partial charge in [0, 0.05) is 5.69 Å². The number of aryl methyl sites for hydroxylation is 1. The smallest absolute Gasteiger partial charge is 0.329 e. The lowest BCUT2D eigenvalue weighted by Gasteiger charge is -2.14. The van der Waals surface area contributed by atoms with Crippen LogP contribution in [0.15, 0.2) is 70.2 Å². The number of halogens is 1. The Morgan fingerprint density at radius 2 is 1.85 bits per heavy atom. The summed E-state index contributed by atoms with van der Waals surface area (Å²) >= 11 is 3.48. The predicted octanol–water partition coefficient (Wildman–Crippen LogP) is 4.31. The number of nitrogens with one attached hydrogen (secondary N) is 2. The minimum absolute atomic E-state index is 0.374. The minimum atomic E-state index is -0.940. The van der Waals surface area contributed by atoms with Crippen LogP contribution in [0.5, 0.6) is 11.5 Å². The summed E-state index contributed by atoms with van der Waals surface area (Å²) in [6.07, 6.45) is 1.38. The lowest BCUT2D eigenvalue weighted by atomic mass is 10.1. The Morgan fingerprint density at radius 1 is 1.12 bits per heavy atom. The molecule has 0 fully saturated rings. The monoisotopic (exact) mass is 520 g/mol. The summed E-state index contributed by atoms with van der Waals surface area (Å²) in [5, 5.41) is 15.1. The fourth-order valence-corrected chi connectivity index (χ4v) is 3.48. The Balaban J connectivity index is 1.62. The summed E-state index contributed by atoms with van der Waals surface area (Å²) in [4.78, 5) is 24.0. The van der Waals surface area contributed by atoms with E-state index in [1.807, 2.05) is 37.3 Å². The van der Waals surface area contributed by atoms with Crippen molar-refractivity contribution in [2.24, 2.45) is 5.10 Å². The maximum atomic E-state index is 12.0. The van der Waals surface area contributed by atoms with Crippen molar-refractivity contribution in [2.45, 2.75) is 13.5 Å². The molecule has 2 N–H and O–H groups in total. The van der Waals surface area contributed by atoms with Crippen molar-refractivity contribution in [1.82, 2.24) is 5.43 Å². The third-order valence-electron chi connectivity index (χ3n) is 4.74. The second-order valence-electron chi connectivity index (χ2n) is 7.09. The summed E-state index contributed by atoms with van der Waals surface area (Å²) in [5.74, 6) is -0.812. The van der Waals surface area contributed by atoms with Crippen molar-refractivity contribution in [1.29, 1.82) is 5.26 Å². The summed E-state index contributed by atoms with van der Waals surface area (Å²) < 4.78 is 12.1. The third-order valence-corrected chi connectivity index (χ3v) is 5.33. The van der Waals surface area contributed by atoms with Crippen LogP contribution in [0, 0.1) is 18.3 Å².